The van der Waals surface area contributed by atoms with Gasteiger partial charge < -0.3 is 5.32 Å². The highest BCUT2D eigenvalue weighted by Gasteiger charge is 2.14. The van der Waals surface area contributed by atoms with Crippen molar-refractivity contribution in [3.05, 3.63) is 35.6 Å². The van der Waals surface area contributed by atoms with E-state index in [4.69, 9.17) is 0 Å². The van der Waals surface area contributed by atoms with Crippen molar-refractivity contribution in [3.8, 4) is 0 Å². The van der Waals surface area contributed by atoms with Gasteiger partial charge >= 0.3 is 0 Å². The third kappa shape index (κ3) is 3.31. The van der Waals surface area contributed by atoms with E-state index < -0.39 is 0 Å². The number of benzene rings is 1. The molecule has 0 amide bonds. The molecule has 2 atom stereocenters. The molecule has 1 rings (SSSR count). The van der Waals surface area contributed by atoms with Crippen molar-refractivity contribution in [3.63, 3.8) is 0 Å². The van der Waals surface area contributed by atoms with Crippen LogP contribution in [0.25, 0.3) is 0 Å². The van der Waals surface area contributed by atoms with Crippen molar-refractivity contribution in [2.75, 3.05) is 0 Å². The summed E-state index contributed by atoms with van der Waals surface area (Å²) in [4.78, 5) is 0. The van der Waals surface area contributed by atoms with E-state index in [1.165, 1.54) is 6.07 Å². The predicted molar refractivity (Wildman–Crippen MR) is 62.3 cm³/mol. The number of rotatable bonds is 5. The van der Waals surface area contributed by atoms with Crippen molar-refractivity contribution in [1.29, 1.82) is 0 Å². The molecule has 1 nitrogen and oxygen atoms in total. The Bertz CT molecular complexity index is 298. The quantitative estimate of drug-likeness (QED) is 0.780. The van der Waals surface area contributed by atoms with Crippen LogP contribution in [0.15, 0.2) is 24.3 Å². The zero-order chi connectivity index (χ0) is 11.3. The number of nitrogens with one attached hydrogen (secondary N) is 1. The lowest BCUT2D eigenvalue weighted by atomic mass is 10.0. The number of hydrogen-bond acceptors (Lipinski definition) is 1. The molecule has 84 valence electrons. The fourth-order valence-corrected chi connectivity index (χ4v) is 1.65. The first-order valence-electron chi connectivity index (χ1n) is 5.69. The maximum absolute atomic E-state index is 13.5. The second kappa shape index (κ2) is 5.86. The van der Waals surface area contributed by atoms with E-state index in [9.17, 15) is 4.39 Å². The molecule has 0 saturated carbocycles. The first kappa shape index (κ1) is 12.2. The van der Waals surface area contributed by atoms with E-state index in [0.717, 1.165) is 18.4 Å². The summed E-state index contributed by atoms with van der Waals surface area (Å²) in [6.07, 6.45) is 1.97. The Kier molecular flexibility index (Phi) is 4.76. The maximum atomic E-state index is 13.5. The van der Waals surface area contributed by atoms with Crippen molar-refractivity contribution in [1.82, 2.24) is 5.32 Å². The molecule has 0 saturated heterocycles. The first-order chi connectivity index (χ1) is 7.19. The van der Waals surface area contributed by atoms with Gasteiger partial charge in [0.05, 0.1) is 0 Å². The standard InChI is InChI=1S/C13H20FN/c1-4-10(3)15-13(5-2)11-8-6-7-9-12(11)14/h6-10,13,15H,4-5H2,1-3H3/t10-,13+/m1/s1. The molecule has 0 aromatic heterocycles. The summed E-state index contributed by atoms with van der Waals surface area (Å²) in [6.45, 7) is 6.34. The Labute approximate surface area is 91.7 Å². The van der Waals surface area contributed by atoms with E-state index in [1.807, 2.05) is 12.1 Å². The molecule has 0 unspecified atom stereocenters. The smallest absolute Gasteiger partial charge is 0.127 e. The van der Waals surface area contributed by atoms with Crippen LogP contribution in [0.3, 0.4) is 0 Å². The lowest BCUT2D eigenvalue weighted by Crippen LogP contribution is -2.30. The second-order valence-corrected chi connectivity index (χ2v) is 3.96. The molecule has 1 aromatic carbocycles. The van der Waals surface area contributed by atoms with Gasteiger partial charge in [-0.3, -0.25) is 0 Å². The first-order valence-corrected chi connectivity index (χ1v) is 5.69. The van der Waals surface area contributed by atoms with Crippen molar-refractivity contribution in [2.45, 2.75) is 45.7 Å². The number of hydrogen-bond donors (Lipinski definition) is 1. The average Bonchev–Trinajstić information content (AvgIpc) is 2.26. The lowest BCUT2D eigenvalue weighted by Gasteiger charge is -2.22. The fourth-order valence-electron chi connectivity index (χ4n) is 1.65. The SMILES string of the molecule is CC[C@@H](C)N[C@@H](CC)c1ccccc1F. The lowest BCUT2D eigenvalue weighted by molar-refractivity contribution is 0.424. The van der Waals surface area contributed by atoms with Gasteiger partial charge in [0.2, 0.25) is 0 Å². The number of halogens is 1. The minimum atomic E-state index is -0.111. The van der Waals surface area contributed by atoms with Crippen molar-refractivity contribution in [2.24, 2.45) is 0 Å². The van der Waals surface area contributed by atoms with E-state index in [0.29, 0.717) is 6.04 Å². The molecule has 2 heteroatoms. The third-order valence-electron chi connectivity index (χ3n) is 2.79. The van der Waals surface area contributed by atoms with Crippen LogP contribution in [0.5, 0.6) is 0 Å². The zero-order valence-electron chi connectivity index (χ0n) is 9.76. The van der Waals surface area contributed by atoms with E-state index in [-0.39, 0.29) is 11.9 Å². The summed E-state index contributed by atoms with van der Waals surface area (Å²) < 4.78 is 13.5. The molecule has 15 heavy (non-hydrogen) atoms. The average molecular weight is 209 g/mol. The van der Waals surface area contributed by atoms with E-state index in [2.05, 4.69) is 26.1 Å². The van der Waals surface area contributed by atoms with Crippen LogP contribution in [0.2, 0.25) is 0 Å². The molecule has 0 aliphatic carbocycles. The molecule has 0 spiro atoms. The van der Waals surface area contributed by atoms with E-state index in [1.54, 1.807) is 6.07 Å². The van der Waals surface area contributed by atoms with Crippen LogP contribution in [0.1, 0.15) is 45.2 Å². The van der Waals surface area contributed by atoms with Gasteiger partial charge in [-0.15, -0.1) is 0 Å². The molecule has 1 N–H and O–H groups in total. The largest absolute Gasteiger partial charge is 0.307 e. The molecule has 1 aromatic rings. The summed E-state index contributed by atoms with van der Waals surface area (Å²) >= 11 is 0. The highest BCUT2D eigenvalue weighted by Crippen LogP contribution is 2.20. The van der Waals surface area contributed by atoms with Crippen LogP contribution >= 0.6 is 0 Å². The molecule has 0 radical (unpaired) electrons. The van der Waals surface area contributed by atoms with Gasteiger partial charge in [-0.1, -0.05) is 32.0 Å². The van der Waals surface area contributed by atoms with Gasteiger partial charge in [0.15, 0.2) is 0 Å². The van der Waals surface area contributed by atoms with Crippen LogP contribution < -0.4 is 5.32 Å². The molecule has 0 bridgehead atoms. The Morgan fingerprint density at radius 3 is 2.40 bits per heavy atom. The van der Waals surface area contributed by atoms with E-state index >= 15 is 0 Å². The van der Waals surface area contributed by atoms with Gasteiger partial charge in [-0.25, -0.2) is 4.39 Å². The highest BCUT2D eigenvalue weighted by molar-refractivity contribution is 5.21. The molecule has 0 heterocycles. The maximum Gasteiger partial charge on any atom is 0.127 e. The molecule has 0 fully saturated rings. The molecular weight excluding hydrogens is 189 g/mol. The Balaban J connectivity index is 2.78. The Morgan fingerprint density at radius 1 is 1.20 bits per heavy atom. The summed E-state index contributed by atoms with van der Waals surface area (Å²) in [6, 6.07) is 7.55. The molecule has 0 aliphatic rings. The van der Waals surface area contributed by atoms with Gasteiger partial charge in [0.25, 0.3) is 0 Å². The fraction of sp³-hybridized carbons (Fsp3) is 0.538. The Morgan fingerprint density at radius 2 is 1.87 bits per heavy atom. The van der Waals surface area contributed by atoms with Crippen molar-refractivity contribution < 1.29 is 4.39 Å². The highest BCUT2D eigenvalue weighted by atomic mass is 19.1. The minimum Gasteiger partial charge on any atom is -0.307 e. The van der Waals surface area contributed by atoms with Gasteiger partial charge in [-0.2, -0.15) is 0 Å². The Hall–Kier alpha value is -0.890. The van der Waals surface area contributed by atoms with Gasteiger partial charge in [0, 0.05) is 17.6 Å². The van der Waals surface area contributed by atoms with Crippen LogP contribution in [0, 0.1) is 5.82 Å². The zero-order valence-corrected chi connectivity index (χ0v) is 9.76. The topological polar surface area (TPSA) is 12.0 Å². The predicted octanol–water partition coefficient (Wildman–Crippen LogP) is 3.66. The molecular formula is C13H20FN. The van der Waals surface area contributed by atoms with Gasteiger partial charge in [0.1, 0.15) is 5.82 Å². The summed E-state index contributed by atoms with van der Waals surface area (Å²) in [5.41, 5.74) is 0.778. The third-order valence-corrected chi connectivity index (χ3v) is 2.79. The van der Waals surface area contributed by atoms with Crippen LogP contribution in [0.4, 0.5) is 4.39 Å². The normalized spacial score (nSPS) is 14.9. The second-order valence-electron chi connectivity index (χ2n) is 3.96. The van der Waals surface area contributed by atoms with Crippen LogP contribution in [-0.2, 0) is 0 Å². The van der Waals surface area contributed by atoms with Crippen molar-refractivity contribution >= 4 is 0 Å². The minimum absolute atomic E-state index is 0.111. The summed E-state index contributed by atoms with van der Waals surface area (Å²) in [5.74, 6) is -0.111. The van der Waals surface area contributed by atoms with Crippen LogP contribution in [-0.4, -0.2) is 6.04 Å². The molecule has 0 aliphatic heterocycles. The van der Waals surface area contributed by atoms with Gasteiger partial charge in [-0.05, 0) is 25.8 Å². The summed E-state index contributed by atoms with van der Waals surface area (Å²) in [5, 5.41) is 3.43. The monoisotopic (exact) mass is 209 g/mol. The summed E-state index contributed by atoms with van der Waals surface area (Å²) in [7, 11) is 0.